The fourth-order valence-electron chi connectivity index (χ4n) is 12.3. The van der Waals surface area contributed by atoms with Crippen LogP contribution in [0.1, 0.15) is 322 Å². The molecular formula is C78H141NO13. The maximum Gasteiger partial charge on any atom is 0.220 e. The number of carbonyl (C=O) groups excluding carboxylic acids is 1. The van der Waals surface area contributed by atoms with E-state index in [-0.39, 0.29) is 18.9 Å². The molecule has 2 fully saturated rings. The maximum absolute atomic E-state index is 13.4. The molecule has 2 heterocycles. The first-order chi connectivity index (χ1) is 45.1. The SMILES string of the molecule is CCCCCCC/C=C\C/C=C\C/C=C\CCCCCCCCCCCCCCCCCCCCC(=O)NC(COC1OC(CO)C(OC2OC(CO)C(O)C(O)C2O)C(O)C1O)C(O)/C=C/CC/C=C/CC/C=C/CCCCCCCCCCCCCCCCC. The molecule has 0 aliphatic carbocycles. The number of carbonyl (C=O) groups is 1. The minimum absolute atomic E-state index is 0.250. The molecular weight excluding hydrogens is 1160 g/mol. The Morgan fingerprint density at radius 1 is 0.391 bits per heavy atom. The van der Waals surface area contributed by atoms with E-state index in [2.05, 4.69) is 79.9 Å². The van der Waals surface area contributed by atoms with Crippen LogP contribution in [0.3, 0.4) is 0 Å². The molecule has 12 atom stereocenters. The lowest BCUT2D eigenvalue weighted by molar-refractivity contribution is -0.359. The lowest BCUT2D eigenvalue weighted by Crippen LogP contribution is -2.65. The van der Waals surface area contributed by atoms with Gasteiger partial charge in [0.25, 0.3) is 0 Å². The number of allylic oxidation sites excluding steroid dienone is 11. The summed E-state index contributed by atoms with van der Waals surface area (Å²) in [5, 5.41) is 87.5. The molecule has 2 saturated heterocycles. The zero-order valence-corrected chi connectivity index (χ0v) is 58.5. The number of rotatable bonds is 63. The third kappa shape index (κ3) is 45.0. The molecule has 0 spiro atoms. The van der Waals surface area contributed by atoms with Crippen LogP contribution in [0.4, 0.5) is 0 Å². The summed E-state index contributed by atoms with van der Waals surface area (Å²) in [5.74, 6) is -0.250. The average molecular weight is 1300 g/mol. The number of unbranched alkanes of at least 4 members (excludes halogenated alkanes) is 40. The standard InChI is InChI=1S/C78H141NO13/c1-3-5-7-9-11-13-15-17-19-21-23-25-27-29-30-31-32-33-34-35-36-38-40-42-44-46-48-50-52-54-56-58-60-62-70(83)79-66(65-89-77-75(88)73(86)76(69(64-81)91-77)92-78-74(87)72(85)71(84)68(63-80)90-78)67(82)61-59-57-55-53-51-49-47-45-43-41-39-37-28-26-24-22-20-18-16-14-12-10-8-6-4-2/h15,17,21,23,27,29,43,45,51,53,59,61,66-69,71-78,80-82,84-88H,3-14,16,18-20,22,24-26,28,30-42,44,46-50,52,54-58,60,62-65H2,1-2H3,(H,79,83)/b17-15-,23-21-,29-27-,45-43+,53-51+,61-59+. The fourth-order valence-corrected chi connectivity index (χ4v) is 12.3. The number of aliphatic hydroxyl groups excluding tert-OH is 8. The van der Waals surface area contributed by atoms with Crippen molar-refractivity contribution in [1.82, 2.24) is 5.32 Å². The minimum Gasteiger partial charge on any atom is -0.394 e. The van der Waals surface area contributed by atoms with Crippen LogP contribution in [0.2, 0.25) is 0 Å². The van der Waals surface area contributed by atoms with Crippen molar-refractivity contribution in [2.75, 3.05) is 19.8 Å². The van der Waals surface area contributed by atoms with Gasteiger partial charge in [0.05, 0.1) is 32.0 Å². The molecule has 2 aliphatic heterocycles. The Balaban J connectivity index is 1.65. The second kappa shape index (κ2) is 62.0. The summed E-state index contributed by atoms with van der Waals surface area (Å²) < 4.78 is 22.9. The summed E-state index contributed by atoms with van der Waals surface area (Å²) in [5.41, 5.74) is 0. The van der Waals surface area contributed by atoms with Crippen LogP contribution in [0.25, 0.3) is 0 Å². The van der Waals surface area contributed by atoms with Gasteiger partial charge in [-0.1, -0.05) is 305 Å². The minimum atomic E-state index is -1.80. The summed E-state index contributed by atoms with van der Waals surface area (Å²) in [4.78, 5) is 13.4. The monoisotopic (exact) mass is 1300 g/mol. The number of ether oxygens (including phenoxy) is 4. The molecule has 0 radical (unpaired) electrons. The smallest absolute Gasteiger partial charge is 0.220 e. The van der Waals surface area contributed by atoms with Crippen molar-refractivity contribution in [3.63, 3.8) is 0 Å². The molecule has 14 nitrogen and oxygen atoms in total. The molecule has 0 saturated carbocycles. The molecule has 1 amide bonds. The molecule has 14 heteroatoms. The van der Waals surface area contributed by atoms with Gasteiger partial charge in [0.1, 0.15) is 48.8 Å². The predicted octanol–water partition coefficient (Wildman–Crippen LogP) is 16.6. The highest BCUT2D eigenvalue weighted by molar-refractivity contribution is 5.76. The first-order valence-electron chi connectivity index (χ1n) is 38.2. The van der Waals surface area contributed by atoms with E-state index < -0.39 is 86.8 Å². The van der Waals surface area contributed by atoms with E-state index in [0.717, 1.165) is 57.8 Å². The highest BCUT2D eigenvalue weighted by Gasteiger charge is 2.51. The molecule has 0 aromatic rings. The largest absolute Gasteiger partial charge is 0.394 e. The van der Waals surface area contributed by atoms with Gasteiger partial charge in [0.2, 0.25) is 5.91 Å². The topological polar surface area (TPSA) is 228 Å². The third-order valence-electron chi connectivity index (χ3n) is 18.3. The van der Waals surface area contributed by atoms with Crippen molar-refractivity contribution in [3.8, 4) is 0 Å². The number of nitrogens with one attached hydrogen (secondary N) is 1. The van der Waals surface area contributed by atoms with Gasteiger partial charge in [-0.15, -0.1) is 0 Å². The van der Waals surface area contributed by atoms with Crippen molar-refractivity contribution >= 4 is 5.91 Å². The predicted molar refractivity (Wildman–Crippen MR) is 378 cm³/mol. The lowest BCUT2D eigenvalue weighted by Gasteiger charge is -2.46. The third-order valence-corrected chi connectivity index (χ3v) is 18.3. The molecule has 2 aliphatic rings. The molecule has 12 unspecified atom stereocenters. The Morgan fingerprint density at radius 3 is 1.14 bits per heavy atom. The van der Waals surface area contributed by atoms with E-state index in [4.69, 9.17) is 18.9 Å². The summed E-state index contributed by atoms with van der Waals surface area (Å²) in [6, 6.07) is -0.942. The average Bonchev–Trinajstić information content (AvgIpc) is 0.829. The maximum atomic E-state index is 13.4. The fraction of sp³-hybridized carbons (Fsp3) is 0.833. The number of hydrogen-bond acceptors (Lipinski definition) is 13. The van der Waals surface area contributed by atoms with E-state index in [0.29, 0.717) is 12.8 Å². The number of amides is 1. The normalized spacial score (nSPS) is 23.1. The van der Waals surface area contributed by atoms with Crippen LogP contribution in [0.15, 0.2) is 72.9 Å². The molecule has 0 bridgehead atoms. The molecule has 9 N–H and O–H groups in total. The van der Waals surface area contributed by atoms with Gasteiger partial charge in [-0.05, 0) is 83.5 Å². The van der Waals surface area contributed by atoms with Crippen molar-refractivity contribution in [2.45, 2.75) is 396 Å². The van der Waals surface area contributed by atoms with Crippen LogP contribution in [0.5, 0.6) is 0 Å². The Morgan fingerprint density at radius 2 is 0.728 bits per heavy atom. The summed E-state index contributed by atoms with van der Waals surface area (Å²) in [6.07, 6.45) is 68.3. The van der Waals surface area contributed by atoms with Crippen molar-refractivity contribution in [1.29, 1.82) is 0 Å². The van der Waals surface area contributed by atoms with E-state index >= 15 is 0 Å². The van der Waals surface area contributed by atoms with Gasteiger partial charge in [0, 0.05) is 6.42 Å². The van der Waals surface area contributed by atoms with Gasteiger partial charge >= 0.3 is 0 Å². The first kappa shape index (κ1) is 85.5. The van der Waals surface area contributed by atoms with Crippen LogP contribution >= 0.6 is 0 Å². The van der Waals surface area contributed by atoms with Crippen LogP contribution < -0.4 is 5.32 Å². The van der Waals surface area contributed by atoms with Crippen molar-refractivity contribution in [2.24, 2.45) is 0 Å². The molecule has 536 valence electrons. The highest BCUT2D eigenvalue weighted by atomic mass is 16.7. The Labute approximate surface area is 561 Å². The summed E-state index contributed by atoms with van der Waals surface area (Å²) in [6.45, 7) is 2.80. The first-order valence-corrected chi connectivity index (χ1v) is 38.2. The van der Waals surface area contributed by atoms with Crippen LogP contribution in [0, 0.1) is 0 Å². The van der Waals surface area contributed by atoms with Gasteiger partial charge in [-0.2, -0.15) is 0 Å². The quantitative estimate of drug-likeness (QED) is 0.0204. The van der Waals surface area contributed by atoms with Gasteiger partial charge in [-0.3, -0.25) is 4.79 Å². The molecule has 0 aromatic carbocycles. The van der Waals surface area contributed by atoms with Gasteiger partial charge in [-0.25, -0.2) is 0 Å². The van der Waals surface area contributed by atoms with Gasteiger partial charge < -0.3 is 65.1 Å². The van der Waals surface area contributed by atoms with Gasteiger partial charge in [0.15, 0.2) is 12.6 Å². The summed E-state index contributed by atoms with van der Waals surface area (Å²) in [7, 11) is 0. The zero-order chi connectivity index (χ0) is 66.6. The number of aliphatic hydroxyl groups is 8. The molecule has 2 rings (SSSR count). The molecule has 92 heavy (non-hydrogen) atoms. The summed E-state index contributed by atoms with van der Waals surface area (Å²) >= 11 is 0. The molecule has 0 aromatic heterocycles. The Hall–Kier alpha value is -2.57. The second-order valence-electron chi connectivity index (χ2n) is 26.8. The number of hydrogen-bond donors (Lipinski definition) is 9. The highest BCUT2D eigenvalue weighted by Crippen LogP contribution is 2.30. The van der Waals surface area contributed by atoms with E-state index in [9.17, 15) is 45.6 Å². The Kier molecular flexibility index (Phi) is 57.6. The van der Waals surface area contributed by atoms with Crippen LogP contribution in [-0.4, -0.2) is 140 Å². The Bertz CT molecular complexity index is 1820. The van der Waals surface area contributed by atoms with Crippen LogP contribution in [-0.2, 0) is 23.7 Å². The van der Waals surface area contributed by atoms with E-state index in [1.165, 1.54) is 231 Å². The van der Waals surface area contributed by atoms with Crippen molar-refractivity contribution in [3.05, 3.63) is 72.9 Å². The van der Waals surface area contributed by atoms with E-state index in [1.807, 2.05) is 6.08 Å². The lowest BCUT2D eigenvalue weighted by atomic mass is 9.97. The zero-order valence-electron chi connectivity index (χ0n) is 58.5. The van der Waals surface area contributed by atoms with Crippen molar-refractivity contribution < 1.29 is 64.6 Å². The van der Waals surface area contributed by atoms with E-state index in [1.54, 1.807) is 6.08 Å². The second-order valence-corrected chi connectivity index (χ2v) is 26.8.